The minimum Gasteiger partial charge on any atom is -0.481 e. The number of tetrazole rings is 1. The van der Waals surface area contributed by atoms with E-state index in [2.05, 4.69) is 38.1 Å². The van der Waals surface area contributed by atoms with Gasteiger partial charge in [-0.3, -0.25) is 4.79 Å². The summed E-state index contributed by atoms with van der Waals surface area (Å²) in [7, 11) is 0. The number of hydrogen-bond acceptors (Lipinski definition) is 4. The number of rotatable bonds is 6. The van der Waals surface area contributed by atoms with E-state index in [1.807, 2.05) is 38.1 Å². The molecule has 7 heteroatoms. The van der Waals surface area contributed by atoms with Crippen molar-refractivity contribution >= 4 is 28.6 Å². The van der Waals surface area contributed by atoms with E-state index in [0.717, 1.165) is 9.13 Å². The number of hydrogen-bond donors (Lipinski definition) is 1. The molecule has 0 unspecified atom stereocenters. The van der Waals surface area contributed by atoms with Crippen molar-refractivity contribution in [3.8, 4) is 11.4 Å². The van der Waals surface area contributed by atoms with Crippen LogP contribution in [0.2, 0.25) is 0 Å². The van der Waals surface area contributed by atoms with Crippen LogP contribution in [-0.2, 0) is 11.3 Å². The first kappa shape index (κ1) is 15.9. The fourth-order valence-corrected chi connectivity index (χ4v) is 2.91. The molecule has 2 aromatic rings. The van der Waals surface area contributed by atoms with Crippen molar-refractivity contribution in [2.45, 2.75) is 33.2 Å². The summed E-state index contributed by atoms with van der Waals surface area (Å²) in [6, 6.07) is 7.77. The molecule has 2 rings (SSSR count). The molecule has 21 heavy (non-hydrogen) atoms. The van der Waals surface area contributed by atoms with Crippen LogP contribution in [-0.4, -0.2) is 31.3 Å². The quantitative estimate of drug-likeness (QED) is 0.755. The van der Waals surface area contributed by atoms with Gasteiger partial charge >= 0.3 is 5.97 Å². The lowest BCUT2D eigenvalue weighted by Crippen LogP contribution is -2.35. The maximum Gasteiger partial charge on any atom is 0.311 e. The minimum absolute atomic E-state index is 0.267. The van der Waals surface area contributed by atoms with Crippen molar-refractivity contribution in [2.75, 3.05) is 0 Å². The second-order valence-corrected chi connectivity index (χ2v) is 6.09. The molecule has 0 radical (unpaired) electrons. The van der Waals surface area contributed by atoms with E-state index in [1.54, 1.807) is 4.68 Å². The van der Waals surface area contributed by atoms with Crippen molar-refractivity contribution in [1.82, 2.24) is 20.2 Å². The van der Waals surface area contributed by atoms with E-state index < -0.39 is 11.4 Å². The third-order valence-corrected chi connectivity index (χ3v) is 4.85. The number of benzene rings is 1. The normalized spacial score (nSPS) is 11.6. The summed E-state index contributed by atoms with van der Waals surface area (Å²) in [6.07, 6.45) is 1.06. The molecule has 0 fully saturated rings. The molecule has 0 spiro atoms. The summed E-state index contributed by atoms with van der Waals surface area (Å²) >= 11 is 2.22. The molecule has 1 aromatic heterocycles. The smallest absolute Gasteiger partial charge is 0.311 e. The van der Waals surface area contributed by atoms with Crippen LogP contribution in [0.1, 0.15) is 26.7 Å². The van der Waals surface area contributed by atoms with Gasteiger partial charge in [-0.2, -0.15) is 0 Å². The lowest BCUT2D eigenvalue weighted by Gasteiger charge is -2.26. The Labute approximate surface area is 136 Å². The first-order valence-electron chi connectivity index (χ1n) is 6.78. The molecular weight excluding hydrogens is 383 g/mol. The molecule has 0 saturated carbocycles. The van der Waals surface area contributed by atoms with Crippen LogP contribution in [0.3, 0.4) is 0 Å². The zero-order chi connectivity index (χ0) is 15.5. The molecule has 0 aliphatic rings. The zero-order valence-electron chi connectivity index (χ0n) is 12.0. The second kappa shape index (κ2) is 6.50. The fourth-order valence-electron chi connectivity index (χ4n) is 2.28. The molecule has 112 valence electrons. The van der Waals surface area contributed by atoms with Crippen molar-refractivity contribution < 1.29 is 9.90 Å². The molecule has 0 aliphatic carbocycles. The van der Waals surface area contributed by atoms with Gasteiger partial charge < -0.3 is 5.11 Å². The minimum atomic E-state index is -0.843. The largest absolute Gasteiger partial charge is 0.481 e. The lowest BCUT2D eigenvalue weighted by atomic mass is 9.82. The van der Waals surface area contributed by atoms with Crippen LogP contribution < -0.4 is 0 Å². The third kappa shape index (κ3) is 3.07. The van der Waals surface area contributed by atoms with Crippen LogP contribution >= 0.6 is 22.6 Å². The van der Waals surface area contributed by atoms with E-state index in [1.165, 1.54) is 0 Å². The summed E-state index contributed by atoms with van der Waals surface area (Å²) in [5, 5.41) is 21.3. The van der Waals surface area contributed by atoms with Crippen LogP contribution in [0.15, 0.2) is 24.3 Å². The van der Waals surface area contributed by atoms with Gasteiger partial charge in [0.1, 0.15) is 0 Å². The average Bonchev–Trinajstić information content (AvgIpc) is 2.92. The van der Waals surface area contributed by atoms with Gasteiger partial charge in [0, 0.05) is 9.13 Å². The summed E-state index contributed by atoms with van der Waals surface area (Å²) in [5.74, 6) is -0.204. The highest BCUT2D eigenvalue weighted by Crippen LogP contribution is 2.31. The number of carboxylic acids is 1. The van der Waals surface area contributed by atoms with Gasteiger partial charge in [-0.05, 0) is 51.9 Å². The molecule has 1 N–H and O–H groups in total. The third-order valence-electron chi connectivity index (χ3n) is 3.91. The zero-order valence-corrected chi connectivity index (χ0v) is 14.1. The number of aromatic nitrogens is 4. The highest BCUT2D eigenvalue weighted by molar-refractivity contribution is 14.1. The first-order valence-corrected chi connectivity index (χ1v) is 7.86. The van der Waals surface area contributed by atoms with Gasteiger partial charge in [-0.1, -0.05) is 32.0 Å². The predicted octanol–water partition coefficient (Wildman–Crippen LogP) is 2.84. The van der Waals surface area contributed by atoms with Gasteiger partial charge in [-0.15, -0.1) is 5.10 Å². The standard InChI is InChI=1S/C14H17IN4O2/c1-3-14(4-2,13(20)21)9-19-12(16-17-18-19)10-7-5-6-8-11(10)15/h5-8H,3-4,9H2,1-2H3,(H,20,21). The molecule has 0 atom stereocenters. The van der Waals surface area contributed by atoms with Crippen molar-refractivity contribution in [2.24, 2.45) is 5.41 Å². The summed E-state index contributed by atoms with van der Waals surface area (Å²) in [5.41, 5.74) is 0.0688. The van der Waals surface area contributed by atoms with Gasteiger partial charge in [0.2, 0.25) is 0 Å². The lowest BCUT2D eigenvalue weighted by molar-refractivity contribution is -0.150. The Morgan fingerprint density at radius 2 is 2.00 bits per heavy atom. The Bertz CT molecular complexity index is 637. The summed E-state index contributed by atoms with van der Waals surface area (Å²) in [6.45, 7) is 4.03. The van der Waals surface area contributed by atoms with Crippen molar-refractivity contribution in [3.05, 3.63) is 27.8 Å². The van der Waals surface area contributed by atoms with Crippen LogP contribution in [0.4, 0.5) is 0 Å². The van der Waals surface area contributed by atoms with Crippen molar-refractivity contribution in [3.63, 3.8) is 0 Å². The van der Waals surface area contributed by atoms with Crippen LogP contribution in [0, 0.1) is 8.99 Å². The number of nitrogens with zero attached hydrogens (tertiary/aromatic N) is 4. The molecule has 0 bridgehead atoms. The molecular formula is C14H17IN4O2. The molecule has 1 heterocycles. The summed E-state index contributed by atoms with van der Waals surface area (Å²) in [4.78, 5) is 11.6. The van der Waals surface area contributed by atoms with E-state index in [0.29, 0.717) is 18.7 Å². The second-order valence-electron chi connectivity index (χ2n) is 4.93. The Kier molecular flexibility index (Phi) is 4.92. The highest BCUT2D eigenvalue weighted by Gasteiger charge is 2.36. The molecule has 1 aromatic carbocycles. The maximum absolute atomic E-state index is 11.6. The van der Waals surface area contributed by atoms with Gasteiger partial charge in [-0.25, -0.2) is 4.68 Å². The Morgan fingerprint density at radius 1 is 1.33 bits per heavy atom. The first-order chi connectivity index (χ1) is 10.0. The molecule has 0 amide bonds. The molecule has 6 nitrogen and oxygen atoms in total. The Balaban J connectivity index is 2.42. The molecule has 0 saturated heterocycles. The Hall–Kier alpha value is -1.51. The topological polar surface area (TPSA) is 80.9 Å². The van der Waals surface area contributed by atoms with Crippen LogP contribution in [0.5, 0.6) is 0 Å². The number of halogens is 1. The maximum atomic E-state index is 11.6. The Morgan fingerprint density at radius 3 is 2.57 bits per heavy atom. The fraction of sp³-hybridized carbons (Fsp3) is 0.429. The summed E-state index contributed by atoms with van der Waals surface area (Å²) < 4.78 is 2.62. The number of carboxylic acid groups (broad SMARTS) is 1. The van der Waals surface area contributed by atoms with E-state index in [4.69, 9.17) is 0 Å². The average molecular weight is 400 g/mol. The van der Waals surface area contributed by atoms with E-state index in [9.17, 15) is 9.90 Å². The number of aliphatic carboxylic acids is 1. The van der Waals surface area contributed by atoms with Gasteiger partial charge in [0.05, 0.1) is 12.0 Å². The van der Waals surface area contributed by atoms with Crippen LogP contribution in [0.25, 0.3) is 11.4 Å². The highest BCUT2D eigenvalue weighted by atomic mass is 127. The molecule has 0 aliphatic heterocycles. The monoisotopic (exact) mass is 400 g/mol. The SMILES string of the molecule is CCC(CC)(Cn1nnnc1-c1ccccc1I)C(=O)O. The van der Waals surface area contributed by atoms with Crippen molar-refractivity contribution in [1.29, 1.82) is 0 Å². The van der Waals surface area contributed by atoms with Gasteiger partial charge in [0.25, 0.3) is 0 Å². The number of carbonyl (C=O) groups is 1. The van der Waals surface area contributed by atoms with E-state index in [-0.39, 0.29) is 6.54 Å². The van der Waals surface area contributed by atoms with E-state index >= 15 is 0 Å². The predicted molar refractivity (Wildman–Crippen MR) is 86.6 cm³/mol. The van der Waals surface area contributed by atoms with Gasteiger partial charge in [0.15, 0.2) is 5.82 Å².